The number of aliphatic hydroxyl groups is 3. The summed E-state index contributed by atoms with van der Waals surface area (Å²) in [5.74, 6) is -8.12. The second-order valence-electron chi connectivity index (χ2n) is 10.9. The van der Waals surface area contributed by atoms with Crippen LogP contribution in [0.3, 0.4) is 0 Å². The Morgan fingerprint density at radius 3 is 1.94 bits per heavy atom. The Labute approximate surface area is 268 Å². The first-order valence-electron chi connectivity index (χ1n) is 14.5. The van der Waals surface area contributed by atoms with Gasteiger partial charge in [0.15, 0.2) is 0 Å². The highest BCUT2D eigenvalue weighted by Gasteiger charge is 2.39. The molecule has 1 fully saturated rings. The average Bonchev–Trinajstić information content (AvgIpc) is 3.51. The van der Waals surface area contributed by atoms with Gasteiger partial charge in [0.1, 0.15) is 42.0 Å². The summed E-state index contributed by atoms with van der Waals surface area (Å²) >= 11 is 0. The molecular weight excluding hydrogens is 628 g/mol. The number of hydrogen-bond acceptors (Lipinski definition) is 12. The lowest BCUT2D eigenvalue weighted by atomic mass is 10.0. The van der Waals surface area contributed by atoms with E-state index in [2.05, 4.69) is 16.0 Å². The van der Waals surface area contributed by atoms with E-state index in [1.807, 2.05) is 5.32 Å². The summed E-state index contributed by atoms with van der Waals surface area (Å²) in [6.45, 7) is -0.543. The predicted octanol–water partition coefficient (Wildman–Crippen LogP) is -4.88. The van der Waals surface area contributed by atoms with Crippen molar-refractivity contribution in [3.05, 3.63) is 29.8 Å². The smallest absolute Gasteiger partial charge is 0.326 e. The Bertz CT molecular complexity index is 1310. The highest BCUT2D eigenvalue weighted by atomic mass is 16.4. The summed E-state index contributed by atoms with van der Waals surface area (Å²) in [5.41, 5.74) is 5.96. The third-order valence-corrected chi connectivity index (χ3v) is 7.28. The number of amides is 5. The molecule has 19 nitrogen and oxygen atoms in total. The lowest BCUT2D eigenvalue weighted by Crippen LogP contribution is -2.60. The first-order chi connectivity index (χ1) is 22.1. The molecule has 19 heteroatoms. The Hall–Kier alpha value is -4.85. The molecule has 0 spiro atoms. The van der Waals surface area contributed by atoms with Crippen molar-refractivity contribution in [3.63, 3.8) is 0 Å². The fourth-order valence-corrected chi connectivity index (χ4v) is 4.63. The van der Waals surface area contributed by atoms with E-state index in [4.69, 9.17) is 10.8 Å². The summed E-state index contributed by atoms with van der Waals surface area (Å²) in [4.78, 5) is 88.4. The highest BCUT2D eigenvalue weighted by Crippen LogP contribution is 2.19. The van der Waals surface area contributed by atoms with Crippen LogP contribution in [0.1, 0.15) is 31.7 Å². The zero-order chi connectivity index (χ0) is 35.4. The molecule has 1 aromatic rings. The zero-order valence-corrected chi connectivity index (χ0v) is 25.4. The Balaban J connectivity index is 2.19. The van der Waals surface area contributed by atoms with E-state index >= 15 is 0 Å². The van der Waals surface area contributed by atoms with Crippen molar-refractivity contribution in [2.24, 2.45) is 5.73 Å². The standard InChI is InChI=1S/C28H40N6O13/c1-13(37)22(29)26(44)33-19(12-36)27(45)34-8-2-3-20(34)25(43)32-18(11-35)24(42)30-16(9-14-4-6-15(38)7-5-14)23(41)31-17(28(46)47)10-21(39)40/h4-7,13,16-20,22,35-38H,2-3,8-12,29H2,1H3,(H,30,42)(H,31,41)(H,32,43)(H,33,44)(H,39,40)(H,46,47)/t13-,16+,17+,18+,19+,20+,22+/m1/s1. The predicted molar refractivity (Wildman–Crippen MR) is 158 cm³/mol. The minimum atomic E-state index is -1.85. The number of aromatic hydroxyl groups is 1. The number of nitrogens with zero attached hydrogens (tertiary/aromatic N) is 1. The van der Waals surface area contributed by atoms with Crippen molar-refractivity contribution in [2.45, 2.75) is 75.0 Å². The fraction of sp³-hybridized carbons (Fsp3) is 0.536. The van der Waals surface area contributed by atoms with Crippen molar-refractivity contribution >= 4 is 41.5 Å². The molecule has 1 aliphatic rings. The van der Waals surface area contributed by atoms with E-state index in [1.54, 1.807) is 0 Å². The summed E-state index contributed by atoms with van der Waals surface area (Å²) < 4.78 is 0. The number of nitrogens with two attached hydrogens (primary N) is 1. The molecule has 1 aromatic carbocycles. The Morgan fingerprint density at radius 1 is 0.851 bits per heavy atom. The van der Waals surface area contributed by atoms with Gasteiger partial charge in [-0.1, -0.05) is 12.1 Å². The third kappa shape index (κ3) is 11.2. The van der Waals surface area contributed by atoms with E-state index in [0.29, 0.717) is 12.0 Å². The number of phenols is 1. The first-order valence-corrected chi connectivity index (χ1v) is 14.5. The number of nitrogens with one attached hydrogen (secondary N) is 4. The van der Waals surface area contributed by atoms with E-state index in [-0.39, 0.29) is 25.1 Å². The molecule has 0 saturated carbocycles. The SMILES string of the molecule is C[C@@H](O)[C@H](N)C(=O)N[C@@H](CO)C(=O)N1CCC[C@H]1C(=O)N[C@@H](CO)C(=O)N[C@@H](Cc1ccc(O)cc1)C(=O)N[C@@H](CC(=O)O)C(=O)O. The summed E-state index contributed by atoms with van der Waals surface area (Å²) in [6.07, 6.45) is -2.06. The van der Waals surface area contributed by atoms with Gasteiger partial charge in [0, 0.05) is 13.0 Å². The number of carbonyl (C=O) groups is 7. The molecule has 47 heavy (non-hydrogen) atoms. The molecule has 1 aliphatic heterocycles. The second-order valence-corrected chi connectivity index (χ2v) is 10.9. The lowest BCUT2D eigenvalue weighted by molar-refractivity contribution is -0.147. The summed E-state index contributed by atoms with van der Waals surface area (Å²) in [6, 6.07) is -3.78. The maximum absolute atomic E-state index is 13.2. The number of benzene rings is 1. The van der Waals surface area contributed by atoms with E-state index in [0.717, 1.165) is 4.90 Å². The number of carboxylic acids is 2. The van der Waals surface area contributed by atoms with Crippen molar-refractivity contribution in [1.29, 1.82) is 0 Å². The van der Waals surface area contributed by atoms with Crippen LogP contribution in [-0.4, -0.2) is 139 Å². The maximum atomic E-state index is 13.2. The topological polar surface area (TPSA) is 318 Å². The largest absolute Gasteiger partial charge is 0.508 e. The fourth-order valence-electron chi connectivity index (χ4n) is 4.63. The zero-order valence-electron chi connectivity index (χ0n) is 25.4. The molecule has 0 radical (unpaired) electrons. The van der Waals surface area contributed by atoms with Crippen LogP contribution in [0.5, 0.6) is 5.75 Å². The lowest BCUT2D eigenvalue weighted by Gasteiger charge is -2.30. The maximum Gasteiger partial charge on any atom is 0.326 e. The molecule has 1 saturated heterocycles. The van der Waals surface area contributed by atoms with Crippen LogP contribution in [0.2, 0.25) is 0 Å². The normalized spacial score (nSPS) is 18.1. The number of aliphatic carboxylic acids is 2. The molecule has 0 aromatic heterocycles. The van der Waals surface area contributed by atoms with Gasteiger partial charge in [0.25, 0.3) is 0 Å². The van der Waals surface area contributed by atoms with Crippen LogP contribution >= 0.6 is 0 Å². The van der Waals surface area contributed by atoms with Gasteiger partial charge in [-0.2, -0.15) is 0 Å². The Kier molecular flexibility index (Phi) is 14.5. The molecule has 0 unspecified atom stereocenters. The van der Waals surface area contributed by atoms with Crippen LogP contribution < -0.4 is 27.0 Å². The quantitative estimate of drug-likeness (QED) is 0.0742. The highest BCUT2D eigenvalue weighted by molar-refractivity contribution is 5.97. The molecule has 5 amide bonds. The van der Waals surface area contributed by atoms with Gasteiger partial charge >= 0.3 is 11.9 Å². The van der Waals surface area contributed by atoms with Crippen LogP contribution in [0.25, 0.3) is 0 Å². The van der Waals surface area contributed by atoms with E-state index < -0.39 is 103 Å². The van der Waals surface area contributed by atoms with Gasteiger partial charge in [0.2, 0.25) is 29.5 Å². The van der Waals surface area contributed by atoms with Gasteiger partial charge in [-0.05, 0) is 37.5 Å². The number of carboxylic acid groups (broad SMARTS) is 2. The molecule has 12 N–H and O–H groups in total. The Morgan fingerprint density at radius 2 is 1.40 bits per heavy atom. The molecular formula is C28H40N6O13. The van der Waals surface area contributed by atoms with Crippen molar-refractivity contribution in [2.75, 3.05) is 19.8 Å². The van der Waals surface area contributed by atoms with Crippen LogP contribution in [-0.2, 0) is 40.0 Å². The van der Waals surface area contributed by atoms with Crippen LogP contribution in [0, 0.1) is 0 Å². The monoisotopic (exact) mass is 668 g/mol. The molecule has 260 valence electrons. The number of rotatable bonds is 17. The summed E-state index contributed by atoms with van der Waals surface area (Å²) in [7, 11) is 0. The number of aliphatic hydroxyl groups excluding tert-OH is 3. The van der Waals surface area contributed by atoms with Gasteiger partial charge in [-0.25, -0.2) is 4.79 Å². The molecule has 2 rings (SSSR count). The van der Waals surface area contributed by atoms with E-state index in [9.17, 15) is 59.1 Å². The number of carbonyl (C=O) groups excluding carboxylic acids is 5. The second kappa shape index (κ2) is 17.7. The minimum Gasteiger partial charge on any atom is -0.508 e. The average molecular weight is 669 g/mol. The molecule has 0 aliphatic carbocycles. The number of phenolic OH excluding ortho intramolecular Hbond substituents is 1. The van der Waals surface area contributed by atoms with Gasteiger partial charge < -0.3 is 62.5 Å². The molecule has 7 atom stereocenters. The first kappa shape index (κ1) is 38.3. The van der Waals surface area contributed by atoms with Gasteiger partial charge in [-0.15, -0.1) is 0 Å². The number of likely N-dealkylation sites (tertiary alicyclic amines) is 1. The minimum absolute atomic E-state index is 0.0394. The summed E-state index contributed by atoms with van der Waals surface area (Å²) in [5, 5.41) is 65.9. The van der Waals surface area contributed by atoms with Crippen LogP contribution in [0.15, 0.2) is 24.3 Å². The number of hydrogen-bond donors (Lipinski definition) is 11. The van der Waals surface area contributed by atoms with Crippen molar-refractivity contribution in [1.82, 2.24) is 26.2 Å². The molecule has 0 bridgehead atoms. The van der Waals surface area contributed by atoms with Crippen molar-refractivity contribution in [3.8, 4) is 5.75 Å². The van der Waals surface area contributed by atoms with Gasteiger partial charge in [0.05, 0.1) is 25.7 Å². The third-order valence-electron chi connectivity index (χ3n) is 7.28. The van der Waals surface area contributed by atoms with Gasteiger partial charge in [-0.3, -0.25) is 28.8 Å². The van der Waals surface area contributed by atoms with Crippen molar-refractivity contribution < 1.29 is 64.2 Å². The van der Waals surface area contributed by atoms with Crippen LogP contribution in [0.4, 0.5) is 0 Å². The molecule has 1 heterocycles. The van der Waals surface area contributed by atoms with E-state index in [1.165, 1.54) is 31.2 Å².